The number of ether oxygens (including phenoxy) is 2. The van der Waals surface area contributed by atoms with Gasteiger partial charge in [-0.2, -0.15) is 0 Å². The highest BCUT2D eigenvalue weighted by atomic mass is 32.1. The Morgan fingerprint density at radius 3 is 2.85 bits per heavy atom. The minimum absolute atomic E-state index is 0.255. The van der Waals surface area contributed by atoms with Crippen molar-refractivity contribution >= 4 is 23.3 Å². The van der Waals surface area contributed by atoms with E-state index in [4.69, 9.17) is 21.7 Å². The van der Waals surface area contributed by atoms with Gasteiger partial charge in [0.05, 0.1) is 18.1 Å². The molecule has 1 aromatic heterocycles. The Kier molecular flexibility index (Phi) is 3.56. The van der Waals surface area contributed by atoms with Crippen LogP contribution in [0.2, 0.25) is 0 Å². The lowest BCUT2D eigenvalue weighted by atomic mass is 9.82. The van der Waals surface area contributed by atoms with Crippen molar-refractivity contribution in [1.29, 1.82) is 0 Å². The number of H-pyrrole nitrogens is 1. The maximum absolute atomic E-state index is 5.49. The third-order valence-corrected chi connectivity index (χ3v) is 4.54. The lowest BCUT2D eigenvalue weighted by Gasteiger charge is -2.33. The first-order valence-corrected chi connectivity index (χ1v) is 7.36. The molecular formula is C15H20N2O2S. The number of rotatable bonds is 3. The number of aromatic amines is 1. The van der Waals surface area contributed by atoms with Crippen LogP contribution in [0.5, 0.6) is 5.75 Å². The Morgan fingerprint density at radius 2 is 2.15 bits per heavy atom. The first-order valence-electron chi connectivity index (χ1n) is 6.96. The Labute approximate surface area is 123 Å². The molecule has 20 heavy (non-hydrogen) atoms. The van der Waals surface area contributed by atoms with Crippen molar-refractivity contribution in [2.45, 2.75) is 26.3 Å². The summed E-state index contributed by atoms with van der Waals surface area (Å²) < 4.78 is 13.7. The second kappa shape index (κ2) is 5.22. The molecule has 0 radical (unpaired) electrons. The molecule has 1 N–H and O–H groups in total. The summed E-state index contributed by atoms with van der Waals surface area (Å²) in [4.78, 5) is 3.28. The van der Waals surface area contributed by atoms with E-state index in [0.29, 0.717) is 0 Å². The maximum atomic E-state index is 5.49. The molecular weight excluding hydrogens is 272 g/mol. The number of hydrogen-bond acceptors (Lipinski definition) is 3. The van der Waals surface area contributed by atoms with Gasteiger partial charge in [-0.3, -0.25) is 0 Å². The van der Waals surface area contributed by atoms with Crippen molar-refractivity contribution in [3.05, 3.63) is 23.0 Å². The molecule has 3 rings (SSSR count). The number of hydrogen-bond donors (Lipinski definition) is 1. The van der Waals surface area contributed by atoms with Crippen LogP contribution < -0.4 is 4.74 Å². The minimum Gasteiger partial charge on any atom is -0.497 e. The van der Waals surface area contributed by atoms with E-state index in [0.717, 1.165) is 54.2 Å². The van der Waals surface area contributed by atoms with E-state index < -0.39 is 0 Å². The number of fused-ring (bicyclic) bond motifs is 1. The Bertz CT molecular complexity index is 668. The molecule has 0 amide bonds. The molecule has 5 heteroatoms. The zero-order chi connectivity index (χ0) is 14.2. The number of aromatic nitrogens is 2. The highest BCUT2D eigenvalue weighted by Crippen LogP contribution is 2.33. The summed E-state index contributed by atoms with van der Waals surface area (Å²) >= 11 is 5.49. The highest BCUT2D eigenvalue weighted by Gasteiger charge is 2.28. The predicted octanol–water partition coefficient (Wildman–Crippen LogP) is 3.52. The zero-order valence-electron chi connectivity index (χ0n) is 11.9. The van der Waals surface area contributed by atoms with Gasteiger partial charge >= 0.3 is 0 Å². The Morgan fingerprint density at radius 1 is 1.40 bits per heavy atom. The Hall–Kier alpha value is -1.33. The Balaban J connectivity index is 1.98. The van der Waals surface area contributed by atoms with Crippen molar-refractivity contribution < 1.29 is 9.47 Å². The van der Waals surface area contributed by atoms with Crippen LogP contribution in [0.15, 0.2) is 18.2 Å². The largest absolute Gasteiger partial charge is 0.497 e. The van der Waals surface area contributed by atoms with Crippen LogP contribution >= 0.6 is 12.2 Å². The van der Waals surface area contributed by atoms with E-state index in [1.54, 1.807) is 7.11 Å². The van der Waals surface area contributed by atoms with Crippen LogP contribution in [-0.2, 0) is 11.3 Å². The van der Waals surface area contributed by atoms with Gasteiger partial charge in [0.25, 0.3) is 0 Å². The topological polar surface area (TPSA) is 39.2 Å². The van der Waals surface area contributed by atoms with Crippen LogP contribution in [-0.4, -0.2) is 29.9 Å². The summed E-state index contributed by atoms with van der Waals surface area (Å²) in [7, 11) is 1.68. The number of nitrogens with one attached hydrogen (secondary N) is 1. The molecule has 0 unspecified atom stereocenters. The van der Waals surface area contributed by atoms with Crippen molar-refractivity contribution in [3.63, 3.8) is 0 Å². The third kappa shape index (κ3) is 2.47. The molecule has 1 aromatic carbocycles. The van der Waals surface area contributed by atoms with E-state index in [-0.39, 0.29) is 5.41 Å². The van der Waals surface area contributed by atoms with E-state index in [2.05, 4.69) is 22.5 Å². The standard InChI is InChI=1S/C15H20N2O2S/c1-15(5-7-19-8-6-15)10-17-13-4-3-11(18-2)9-12(13)16-14(17)20/h3-4,9H,5-8,10H2,1-2H3,(H,16,20). The van der Waals surface area contributed by atoms with Gasteiger partial charge < -0.3 is 19.0 Å². The molecule has 0 aliphatic carbocycles. The van der Waals surface area contributed by atoms with Gasteiger partial charge in [0.15, 0.2) is 4.77 Å². The summed E-state index contributed by atoms with van der Waals surface area (Å²) in [6, 6.07) is 6.05. The van der Waals surface area contributed by atoms with E-state index in [1.165, 1.54) is 0 Å². The van der Waals surface area contributed by atoms with E-state index in [1.807, 2.05) is 12.1 Å². The van der Waals surface area contributed by atoms with Gasteiger partial charge in [0.2, 0.25) is 0 Å². The lowest BCUT2D eigenvalue weighted by Crippen LogP contribution is -2.31. The van der Waals surface area contributed by atoms with Crippen LogP contribution in [0, 0.1) is 10.2 Å². The monoisotopic (exact) mass is 292 g/mol. The lowest BCUT2D eigenvalue weighted by molar-refractivity contribution is 0.0159. The second-order valence-electron chi connectivity index (χ2n) is 5.82. The summed E-state index contributed by atoms with van der Waals surface area (Å²) in [6.07, 6.45) is 2.16. The van der Waals surface area contributed by atoms with Gasteiger partial charge in [-0.05, 0) is 42.6 Å². The van der Waals surface area contributed by atoms with Crippen molar-refractivity contribution in [2.75, 3.05) is 20.3 Å². The summed E-state index contributed by atoms with van der Waals surface area (Å²) in [5.41, 5.74) is 2.43. The van der Waals surface area contributed by atoms with Crippen LogP contribution in [0.3, 0.4) is 0 Å². The molecule has 1 saturated heterocycles. The summed E-state index contributed by atoms with van der Waals surface area (Å²) in [5.74, 6) is 0.846. The predicted molar refractivity (Wildman–Crippen MR) is 81.8 cm³/mol. The SMILES string of the molecule is COc1ccc2c(c1)[nH]c(=S)n2CC1(C)CCOCC1. The van der Waals surface area contributed by atoms with Crippen LogP contribution in [0.25, 0.3) is 11.0 Å². The summed E-state index contributed by atoms with van der Waals surface area (Å²) in [6.45, 7) is 4.95. The molecule has 1 fully saturated rings. The molecule has 1 aliphatic heterocycles. The first kappa shape index (κ1) is 13.6. The number of benzene rings is 1. The molecule has 0 saturated carbocycles. The second-order valence-corrected chi connectivity index (χ2v) is 6.21. The van der Waals surface area contributed by atoms with Gasteiger partial charge in [-0.1, -0.05) is 6.92 Å². The first-order chi connectivity index (χ1) is 9.61. The number of imidazole rings is 1. The molecule has 0 spiro atoms. The third-order valence-electron chi connectivity index (χ3n) is 4.22. The summed E-state index contributed by atoms with van der Waals surface area (Å²) in [5, 5.41) is 0. The van der Waals surface area contributed by atoms with Gasteiger partial charge in [0, 0.05) is 25.8 Å². The van der Waals surface area contributed by atoms with Crippen LogP contribution in [0.4, 0.5) is 0 Å². The molecule has 2 heterocycles. The quantitative estimate of drug-likeness (QED) is 0.880. The fourth-order valence-corrected chi connectivity index (χ4v) is 3.10. The van der Waals surface area contributed by atoms with E-state index in [9.17, 15) is 0 Å². The normalized spacial score (nSPS) is 18.3. The number of nitrogens with zero attached hydrogens (tertiary/aromatic N) is 1. The van der Waals surface area contributed by atoms with Crippen molar-refractivity contribution in [2.24, 2.45) is 5.41 Å². The fraction of sp³-hybridized carbons (Fsp3) is 0.533. The smallest absolute Gasteiger partial charge is 0.178 e. The van der Waals surface area contributed by atoms with Crippen LogP contribution in [0.1, 0.15) is 19.8 Å². The van der Waals surface area contributed by atoms with Crippen molar-refractivity contribution in [3.8, 4) is 5.75 Å². The van der Waals surface area contributed by atoms with Crippen molar-refractivity contribution in [1.82, 2.24) is 9.55 Å². The number of methoxy groups -OCH3 is 1. The fourth-order valence-electron chi connectivity index (χ4n) is 2.83. The highest BCUT2D eigenvalue weighted by molar-refractivity contribution is 7.71. The van der Waals surface area contributed by atoms with E-state index >= 15 is 0 Å². The minimum atomic E-state index is 0.255. The zero-order valence-corrected chi connectivity index (χ0v) is 12.8. The van der Waals surface area contributed by atoms with Gasteiger partial charge in [-0.15, -0.1) is 0 Å². The molecule has 0 atom stereocenters. The average Bonchev–Trinajstić information content (AvgIpc) is 2.74. The maximum Gasteiger partial charge on any atom is 0.178 e. The van der Waals surface area contributed by atoms with Gasteiger partial charge in [0.1, 0.15) is 5.75 Å². The molecule has 4 nitrogen and oxygen atoms in total. The molecule has 108 valence electrons. The molecule has 1 aliphatic rings. The van der Waals surface area contributed by atoms with Gasteiger partial charge in [-0.25, -0.2) is 0 Å². The average molecular weight is 292 g/mol. The molecule has 2 aromatic rings. The molecule has 0 bridgehead atoms.